The number of nitrogens with two attached hydrogens (primary N) is 1. The Bertz CT molecular complexity index is 1030. The van der Waals surface area contributed by atoms with Gasteiger partial charge in [-0.05, 0) is 35.7 Å². The molecule has 3 amide bonds. The third-order valence-corrected chi connectivity index (χ3v) is 6.73. The average Bonchev–Trinajstić information content (AvgIpc) is 2.94. The number of aryl methyl sites for hydroxylation is 1. The van der Waals surface area contributed by atoms with Crippen molar-refractivity contribution in [2.75, 3.05) is 11.1 Å². The lowest BCUT2D eigenvalue weighted by Crippen LogP contribution is -2.44. The normalized spacial score (nSPS) is 19.2. The molecule has 1 aliphatic heterocycles. The molecule has 0 aliphatic carbocycles. The highest BCUT2D eigenvalue weighted by molar-refractivity contribution is 8.23. The number of para-hydroxylation sites is 2. The van der Waals surface area contributed by atoms with Crippen LogP contribution in [0.3, 0.4) is 0 Å². The number of benzene rings is 2. The molecule has 0 bridgehead atoms. The van der Waals surface area contributed by atoms with E-state index in [-0.39, 0.29) is 12.8 Å². The van der Waals surface area contributed by atoms with Crippen LogP contribution in [0.2, 0.25) is 0 Å². The Hall–Kier alpha value is -3.28. The Labute approximate surface area is 180 Å². The molecular weight excluding hydrogens is 424 g/mol. The van der Waals surface area contributed by atoms with Crippen molar-refractivity contribution in [2.45, 2.75) is 31.1 Å². The van der Waals surface area contributed by atoms with Crippen molar-refractivity contribution in [3.8, 4) is 0 Å². The van der Waals surface area contributed by atoms with Crippen molar-refractivity contribution in [1.82, 2.24) is 10.0 Å². The topological polar surface area (TPSA) is 174 Å². The molecule has 31 heavy (non-hydrogen) atoms. The minimum absolute atomic E-state index is 0.0351. The smallest absolute Gasteiger partial charge is 0.405 e. The van der Waals surface area contributed by atoms with Crippen LogP contribution in [0.4, 0.5) is 16.2 Å². The first-order valence-corrected chi connectivity index (χ1v) is 11.0. The summed E-state index contributed by atoms with van der Waals surface area (Å²) in [6, 6.07) is 10.6. The molecule has 0 spiro atoms. The van der Waals surface area contributed by atoms with Gasteiger partial charge in [-0.15, -0.1) is 10.8 Å². The molecule has 1 unspecified atom stereocenters. The highest BCUT2D eigenvalue weighted by Gasteiger charge is 2.38. The molecule has 1 aliphatic rings. The third-order valence-electron chi connectivity index (χ3n) is 4.99. The maximum Gasteiger partial charge on any atom is 0.405 e. The van der Waals surface area contributed by atoms with E-state index in [1.807, 2.05) is 0 Å². The molecule has 2 atom stereocenters. The molecule has 8 N–H and O–H groups in total. The van der Waals surface area contributed by atoms with E-state index >= 15 is 0 Å². The highest BCUT2D eigenvalue weighted by Crippen LogP contribution is 2.56. The van der Waals surface area contributed by atoms with E-state index < -0.39 is 40.0 Å². The molecule has 11 heteroatoms. The minimum Gasteiger partial charge on any atom is -0.465 e. The van der Waals surface area contributed by atoms with Gasteiger partial charge in [0.05, 0.1) is 17.8 Å². The van der Waals surface area contributed by atoms with Gasteiger partial charge in [0.15, 0.2) is 0 Å². The van der Waals surface area contributed by atoms with Crippen LogP contribution in [0.5, 0.6) is 0 Å². The van der Waals surface area contributed by atoms with E-state index in [2.05, 4.69) is 15.4 Å². The molecule has 1 saturated heterocycles. The summed E-state index contributed by atoms with van der Waals surface area (Å²) in [7, 11) is -3.28. The lowest BCUT2D eigenvalue weighted by Gasteiger charge is -2.33. The zero-order chi connectivity index (χ0) is 22.8. The van der Waals surface area contributed by atoms with Gasteiger partial charge in [0.2, 0.25) is 11.8 Å². The average molecular weight is 449 g/mol. The predicted octanol–water partition coefficient (Wildman–Crippen LogP) is 2.62. The summed E-state index contributed by atoms with van der Waals surface area (Å²) in [5.74, 6) is -1.00. The summed E-state index contributed by atoms with van der Waals surface area (Å²) >= 11 is 0. The Morgan fingerprint density at radius 1 is 1.26 bits per heavy atom. The fourth-order valence-corrected chi connectivity index (χ4v) is 5.07. The number of carboxylic acid groups (broad SMARTS) is 1. The number of anilines is 2. The second-order valence-corrected chi connectivity index (χ2v) is 9.24. The fraction of sp³-hybridized carbons (Fsp3) is 0.250. The van der Waals surface area contributed by atoms with Crippen LogP contribution in [0.15, 0.2) is 42.5 Å². The number of amides is 3. The first-order chi connectivity index (χ1) is 14.6. The molecular formula is C20H24N4O6S. The molecule has 1 heterocycles. The van der Waals surface area contributed by atoms with Gasteiger partial charge in [-0.1, -0.05) is 30.3 Å². The quantitative estimate of drug-likeness (QED) is 0.332. The maximum atomic E-state index is 12.7. The van der Waals surface area contributed by atoms with E-state index in [1.165, 1.54) is 0 Å². The summed E-state index contributed by atoms with van der Waals surface area (Å²) < 4.78 is 22.4. The van der Waals surface area contributed by atoms with Gasteiger partial charge in [0.1, 0.15) is 11.3 Å². The minimum atomic E-state index is -3.28. The van der Waals surface area contributed by atoms with Gasteiger partial charge in [0.25, 0.3) is 0 Å². The molecule has 0 radical (unpaired) electrons. The predicted molar refractivity (Wildman–Crippen MR) is 118 cm³/mol. The van der Waals surface area contributed by atoms with E-state index in [4.69, 9.17) is 10.8 Å². The molecule has 3 rings (SSSR count). The Balaban J connectivity index is 1.79. The van der Waals surface area contributed by atoms with Gasteiger partial charge in [-0.2, -0.15) is 0 Å². The van der Waals surface area contributed by atoms with Crippen molar-refractivity contribution < 1.29 is 28.6 Å². The molecule has 2 aromatic rings. The number of hydrogen-bond donors (Lipinski definition) is 7. The van der Waals surface area contributed by atoms with Crippen LogP contribution in [0.25, 0.3) is 0 Å². The Morgan fingerprint density at radius 3 is 2.55 bits per heavy atom. The first-order valence-electron chi connectivity index (χ1n) is 9.38. The van der Waals surface area contributed by atoms with Gasteiger partial charge >= 0.3 is 6.09 Å². The number of rotatable bonds is 6. The Kier molecular flexibility index (Phi) is 6.39. The second kappa shape index (κ2) is 8.84. The van der Waals surface area contributed by atoms with E-state index in [1.54, 1.807) is 49.4 Å². The molecule has 0 aromatic heterocycles. The van der Waals surface area contributed by atoms with Crippen LogP contribution in [0.1, 0.15) is 28.4 Å². The maximum absolute atomic E-state index is 12.7. The van der Waals surface area contributed by atoms with Crippen molar-refractivity contribution in [3.63, 3.8) is 0 Å². The van der Waals surface area contributed by atoms with Crippen LogP contribution >= 0.6 is 10.8 Å². The lowest BCUT2D eigenvalue weighted by atomic mass is 9.97. The lowest BCUT2D eigenvalue weighted by molar-refractivity contribution is -0.119. The summed E-state index contributed by atoms with van der Waals surface area (Å²) in [6.45, 7) is 1.75. The van der Waals surface area contributed by atoms with Crippen molar-refractivity contribution >= 4 is 40.1 Å². The van der Waals surface area contributed by atoms with Gasteiger partial charge in [0, 0.05) is 6.42 Å². The number of nitrogens with one attached hydrogen (secondary N) is 3. The number of carbonyl (C=O) groups is 3. The van der Waals surface area contributed by atoms with Gasteiger partial charge in [-0.3, -0.25) is 23.4 Å². The van der Waals surface area contributed by atoms with E-state index in [9.17, 15) is 23.5 Å². The second-order valence-electron chi connectivity index (χ2n) is 7.28. The first kappa shape index (κ1) is 22.4. The standard InChI is InChI=1S/C20H24N4O6S/c1-11-8-12(6-7-13(11)17-10-18(25)24-31(17,29)30)9-16(23-20(27)28)19(26)22-15-5-3-2-4-14(15)21/h2-8,16-17,23,29-30H,9-10,21H2,1H3,(H,22,26)(H,24,25)(H,27,28)/t16-,17?/m0/s1. The summed E-state index contributed by atoms with van der Waals surface area (Å²) in [5.41, 5.74) is 8.51. The fourth-order valence-electron chi connectivity index (χ4n) is 3.50. The number of carbonyl (C=O) groups excluding carboxylic acids is 2. The van der Waals surface area contributed by atoms with E-state index in [0.717, 1.165) is 0 Å². The summed E-state index contributed by atoms with van der Waals surface area (Å²) in [6.07, 6.45) is -1.32. The Morgan fingerprint density at radius 2 is 1.97 bits per heavy atom. The molecule has 1 fully saturated rings. The summed E-state index contributed by atoms with van der Waals surface area (Å²) in [5, 5.41) is 13.2. The number of nitrogen functional groups attached to an aromatic ring is 1. The van der Waals surface area contributed by atoms with Gasteiger partial charge < -0.3 is 21.5 Å². The molecule has 0 saturated carbocycles. The van der Waals surface area contributed by atoms with Crippen molar-refractivity contribution in [2.24, 2.45) is 0 Å². The van der Waals surface area contributed by atoms with Crippen molar-refractivity contribution in [3.05, 3.63) is 59.2 Å². The van der Waals surface area contributed by atoms with Crippen LogP contribution in [-0.4, -0.2) is 38.2 Å². The van der Waals surface area contributed by atoms with Crippen LogP contribution in [0, 0.1) is 6.92 Å². The SMILES string of the molecule is Cc1cc(C[C@H](NC(=O)O)C(=O)Nc2ccccc2N)ccc1C1CC(=O)NS1(O)O. The number of hydrogen-bond acceptors (Lipinski definition) is 6. The largest absolute Gasteiger partial charge is 0.465 e. The molecule has 166 valence electrons. The highest BCUT2D eigenvalue weighted by atomic mass is 32.3. The van der Waals surface area contributed by atoms with Crippen LogP contribution in [-0.2, 0) is 16.0 Å². The monoisotopic (exact) mass is 448 g/mol. The molecule has 10 nitrogen and oxygen atoms in total. The van der Waals surface area contributed by atoms with E-state index in [0.29, 0.717) is 28.1 Å². The van der Waals surface area contributed by atoms with Crippen molar-refractivity contribution in [1.29, 1.82) is 0 Å². The third kappa shape index (κ3) is 5.26. The zero-order valence-electron chi connectivity index (χ0n) is 16.7. The van der Waals surface area contributed by atoms with Gasteiger partial charge in [-0.25, -0.2) is 4.79 Å². The molecule has 2 aromatic carbocycles. The summed E-state index contributed by atoms with van der Waals surface area (Å²) in [4.78, 5) is 35.5. The zero-order valence-corrected chi connectivity index (χ0v) is 17.5. The van der Waals surface area contributed by atoms with Crippen LogP contribution < -0.4 is 21.1 Å².